The molecule has 2 aliphatic rings. The van der Waals surface area contributed by atoms with Gasteiger partial charge in [-0.05, 0) is 11.6 Å². The zero-order chi connectivity index (χ0) is 21.2. The summed E-state index contributed by atoms with van der Waals surface area (Å²) in [7, 11) is 0. The number of piperazine rings is 1. The number of rotatable bonds is 7. The molecular weight excluding hydrogens is 382 g/mol. The molecule has 10 nitrogen and oxygen atoms in total. The highest BCUT2D eigenvalue weighted by Gasteiger charge is 2.55. The molecule has 29 heavy (non-hydrogen) atoms. The summed E-state index contributed by atoms with van der Waals surface area (Å²) < 4.78 is 0. The molecule has 0 spiro atoms. The van der Waals surface area contributed by atoms with Crippen LogP contribution in [-0.4, -0.2) is 81.2 Å². The van der Waals surface area contributed by atoms with Crippen LogP contribution in [0.25, 0.3) is 6.08 Å². The van der Waals surface area contributed by atoms with E-state index in [4.69, 9.17) is 5.11 Å². The Kier molecular flexibility index (Phi) is 5.87. The number of hydrogen-bond donors (Lipinski definition) is 5. The molecule has 1 saturated heterocycles. The van der Waals surface area contributed by atoms with Crippen molar-refractivity contribution < 1.29 is 34.8 Å². The summed E-state index contributed by atoms with van der Waals surface area (Å²) in [5.74, 6) is -7.00. The van der Waals surface area contributed by atoms with Gasteiger partial charge in [0.1, 0.15) is 5.92 Å². The first kappa shape index (κ1) is 20.8. The van der Waals surface area contributed by atoms with E-state index in [2.05, 4.69) is 5.32 Å². The third-order valence-corrected chi connectivity index (χ3v) is 5.25. The Labute approximate surface area is 166 Å². The minimum absolute atomic E-state index is 0.537. The molecule has 1 fully saturated rings. The minimum atomic E-state index is -2.99. The zero-order valence-electron chi connectivity index (χ0n) is 15.6. The second-order valence-electron chi connectivity index (χ2n) is 7.07. The number of hydrazine groups is 1. The largest absolute Gasteiger partial charge is 0.481 e. The Hall–Kier alpha value is -2.95. The highest BCUT2D eigenvalue weighted by atomic mass is 16.4. The van der Waals surface area contributed by atoms with Crippen LogP contribution in [0, 0.1) is 5.92 Å². The lowest BCUT2D eigenvalue weighted by Crippen LogP contribution is -2.64. The van der Waals surface area contributed by atoms with Crippen molar-refractivity contribution in [1.29, 1.82) is 0 Å². The summed E-state index contributed by atoms with van der Waals surface area (Å²) in [6.45, 7) is 2.36. The van der Waals surface area contributed by atoms with Gasteiger partial charge in [-0.25, -0.2) is 9.80 Å². The fourth-order valence-corrected chi connectivity index (χ4v) is 3.93. The fraction of sp³-hybridized carbons (Fsp3) is 0.421. The molecule has 0 bridgehead atoms. The van der Waals surface area contributed by atoms with E-state index in [0.29, 0.717) is 31.9 Å². The highest BCUT2D eigenvalue weighted by molar-refractivity contribution is 5.91. The van der Waals surface area contributed by atoms with Crippen LogP contribution in [0.3, 0.4) is 0 Å². The van der Waals surface area contributed by atoms with E-state index in [1.807, 2.05) is 17.1 Å². The Balaban J connectivity index is 2.11. The third-order valence-electron chi connectivity index (χ3n) is 5.25. The van der Waals surface area contributed by atoms with E-state index in [-0.39, 0.29) is 0 Å². The molecule has 2 heterocycles. The van der Waals surface area contributed by atoms with Crippen molar-refractivity contribution in [3.63, 3.8) is 0 Å². The Morgan fingerprint density at radius 3 is 2.38 bits per heavy atom. The predicted octanol–water partition coefficient (Wildman–Crippen LogP) is -0.300. The van der Waals surface area contributed by atoms with E-state index in [9.17, 15) is 29.7 Å². The van der Waals surface area contributed by atoms with Crippen LogP contribution < -0.4 is 10.3 Å². The number of nitrogens with zero attached hydrogens (tertiary/aromatic N) is 2. The summed E-state index contributed by atoms with van der Waals surface area (Å²) in [4.78, 5) is 35.2. The molecule has 3 rings (SSSR count). The Morgan fingerprint density at radius 1 is 1.14 bits per heavy atom. The summed E-state index contributed by atoms with van der Waals surface area (Å²) >= 11 is 0. The lowest BCUT2D eigenvalue weighted by Gasteiger charge is -2.48. The lowest BCUT2D eigenvalue weighted by atomic mass is 9.77. The van der Waals surface area contributed by atoms with Crippen molar-refractivity contribution in [3.05, 3.63) is 35.9 Å². The number of nitrogens with one attached hydrogen (secondary N) is 1. The molecule has 3 atom stereocenters. The first-order valence-corrected chi connectivity index (χ1v) is 9.18. The average molecular weight is 405 g/mol. The van der Waals surface area contributed by atoms with Gasteiger partial charge < -0.3 is 25.7 Å². The number of fused-ring (bicyclic) bond motifs is 1. The van der Waals surface area contributed by atoms with Crippen LogP contribution in [0.1, 0.15) is 12.0 Å². The highest BCUT2D eigenvalue weighted by Crippen LogP contribution is 2.38. The normalized spacial score (nSPS) is 22.4. The minimum Gasteiger partial charge on any atom is -0.481 e. The number of hydrogen-bond acceptors (Lipinski definition) is 7. The van der Waals surface area contributed by atoms with Crippen LogP contribution >= 0.6 is 0 Å². The van der Waals surface area contributed by atoms with Crippen molar-refractivity contribution in [1.82, 2.24) is 10.3 Å². The summed E-state index contributed by atoms with van der Waals surface area (Å²) in [6, 6.07) is 6.13. The van der Waals surface area contributed by atoms with Crippen molar-refractivity contribution in [3.8, 4) is 0 Å². The molecule has 0 aliphatic carbocycles. The van der Waals surface area contributed by atoms with E-state index in [1.54, 1.807) is 23.2 Å². The number of para-hydroxylation sites is 1. The number of carbonyl (C=O) groups is 3. The van der Waals surface area contributed by atoms with Crippen molar-refractivity contribution in [2.24, 2.45) is 5.92 Å². The van der Waals surface area contributed by atoms with Crippen molar-refractivity contribution in [2.75, 3.05) is 31.2 Å². The third kappa shape index (κ3) is 3.95. The molecule has 3 unspecified atom stereocenters. The second-order valence-corrected chi connectivity index (χ2v) is 7.07. The quantitative estimate of drug-likeness (QED) is 0.409. The van der Waals surface area contributed by atoms with Gasteiger partial charge in [0.15, 0.2) is 5.60 Å². The number of anilines is 1. The topological polar surface area (TPSA) is 151 Å². The Morgan fingerprint density at radius 2 is 1.79 bits per heavy atom. The molecule has 1 aromatic carbocycles. The number of carboxylic acids is 3. The van der Waals surface area contributed by atoms with E-state index < -0.39 is 41.9 Å². The van der Waals surface area contributed by atoms with E-state index in [1.165, 1.54) is 6.08 Å². The molecule has 5 N–H and O–H groups in total. The maximum absolute atomic E-state index is 12.2. The predicted molar refractivity (Wildman–Crippen MR) is 102 cm³/mol. The first-order valence-electron chi connectivity index (χ1n) is 9.18. The van der Waals surface area contributed by atoms with Gasteiger partial charge in [0, 0.05) is 26.2 Å². The van der Waals surface area contributed by atoms with Crippen molar-refractivity contribution in [2.45, 2.75) is 18.1 Å². The maximum atomic E-state index is 12.2. The van der Waals surface area contributed by atoms with Gasteiger partial charge in [-0.3, -0.25) is 14.6 Å². The average Bonchev–Trinajstić information content (AvgIpc) is 2.67. The molecule has 0 amide bonds. The van der Waals surface area contributed by atoms with Crippen LogP contribution in [0.5, 0.6) is 0 Å². The van der Waals surface area contributed by atoms with E-state index >= 15 is 0 Å². The summed E-state index contributed by atoms with van der Waals surface area (Å²) in [5, 5.41) is 46.1. The molecule has 10 heteroatoms. The SMILES string of the molecule is O=C(O)CC(O)(C(=O)O)C(C(=O)O)C1C=Cc2ccccc2N1N1CCNCC1. The van der Waals surface area contributed by atoms with E-state index in [0.717, 1.165) is 5.56 Å². The van der Waals surface area contributed by atoms with Gasteiger partial charge in [0.05, 0.1) is 18.2 Å². The van der Waals surface area contributed by atoms with Crippen LogP contribution in [0.15, 0.2) is 30.3 Å². The lowest BCUT2D eigenvalue weighted by molar-refractivity contribution is -0.180. The molecular formula is C19H23N3O7. The number of benzene rings is 1. The molecule has 0 saturated carbocycles. The first-order chi connectivity index (χ1) is 13.8. The second kappa shape index (κ2) is 8.19. The number of carboxylic acid groups (broad SMARTS) is 3. The number of aliphatic hydroxyl groups is 1. The molecule has 0 aromatic heterocycles. The summed E-state index contributed by atoms with van der Waals surface area (Å²) in [5.41, 5.74) is -1.52. The molecule has 2 aliphatic heterocycles. The van der Waals surface area contributed by atoms with Crippen LogP contribution in [0.4, 0.5) is 5.69 Å². The monoisotopic (exact) mass is 405 g/mol. The fourth-order valence-electron chi connectivity index (χ4n) is 3.93. The van der Waals surface area contributed by atoms with Gasteiger partial charge >= 0.3 is 17.9 Å². The van der Waals surface area contributed by atoms with Crippen molar-refractivity contribution >= 4 is 29.7 Å². The molecule has 0 radical (unpaired) electrons. The van der Waals surface area contributed by atoms with Gasteiger partial charge in [0.25, 0.3) is 0 Å². The molecule has 1 aromatic rings. The standard InChI is InChI=1S/C19H23N3O7/c23-15(24)11-19(29,18(27)28)16(17(25)26)14-6-5-12-3-1-2-4-13(12)22(14)21-9-7-20-8-10-21/h1-6,14,16,20,29H,7-11H2,(H,23,24)(H,25,26)(H,27,28). The smallest absolute Gasteiger partial charge is 0.337 e. The van der Waals surface area contributed by atoms with Gasteiger partial charge in [-0.1, -0.05) is 30.4 Å². The molecule has 156 valence electrons. The van der Waals surface area contributed by atoms with Crippen LogP contribution in [-0.2, 0) is 14.4 Å². The van der Waals surface area contributed by atoms with Gasteiger partial charge in [-0.2, -0.15) is 0 Å². The number of aliphatic carboxylic acids is 3. The summed E-state index contributed by atoms with van der Waals surface area (Å²) in [6.07, 6.45) is 1.94. The van der Waals surface area contributed by atoms with Gasteiger partial charge in [0.2, 0.25) is 0 Å². The Bertz CT molecular complexity index is 837. The van der Waals surface area contributed by atoms with Crippen LogP contribution in [0.2, 0.25) is 0 Å². The van der Waals surface area contributed by atoms with Gasteiger partial charge in [-0.15, -0.1) is 0 Å². The zero-order valence-corrected chi connectivity index (χ0v) is 15.6. The maximum Gasteiger partial charge on any atom is 0.337 e.